The molecule has 0 saturated heterocycles. The van der Waals surface area contributed by atoms with E-state index in [4.69, 9.17) is 16.3 Å². The van der Waals surface area contributed by atoms with Crippen molar-refractivity contribution in [2.24, 2.45) is 0 Å². The second kappa shape index (κ2) is 10.5. The Morgan fingerprint density at radius 3 is 2.70 bits per heavy atom. The molecule has 0 saturated carbocycles. The number of thioether (sulfide) groups is 1. The van der Waals surface area contributed by atoms with Crippen molar-refractivity contribution >= 4 is 29.3 Å². The average molecular weight is 445 g/mol. The molecule has 0 bridgehead atoms. The van der Waals surface area contributed by atoms with Crippen LogP contribution in [-0.4, -0.2) is 26.4 Å². The van der Waals surface area contributed by atoms with E-state index in [0.717, 1.165) is 16.9 Å². The van der Waals surface area contributed by atoms with E-state index in [1.807, 2.05) is 67.8 Å². The van der Waals surface area contributed by atoms with Crippen LogP contribution in [0.15, 0.2) is 53.7 Å². The first-order valence-corrected chi connectivity index (χ1v) is 11.1. The quantitative estimate of drug-likeness (QED) is 0.480. The average Bonchev–Trinajstić information content (AvgIpc) is 3.14. The molecule has 0 aliphatic heterocycles. The summed E-state index contributed by atoms with van der Waals surface area (Å²) in [4.78, 5) is 12.4. The number of hydrogen-bond donors (Lipinski definition) is 1. The van der Waals surface area contributed by atoms with Crippen molar-refractivity contribution in [3.8, 4) is 5.75 Å². The van der Waals surface area contributed by atoms with Gasteiger partial charge in [-0.2, -0.15) is 0 Å². The summed E-state index contributed by atoms with van der Waals surface area (Å²) in [6.07, 6.45) is 0. The number of rotatable bonds is 9. The summed E-state index contributed by atoms with van der Waals surface area (Å²) in [5.74, 6) is 1.70. The van der Waals surface area contributed by atoms with E-state index in [0.29, 0.717) is 29.2 Å². The van der Waals surface area contributed by atoms with Gasteiger partial charge in [-0.05, 0) is 50.1 Å². The van der Waals surface area contributed by atoms with Gasteiger partial charge in [-0.1, -0.05) is 53.7 Å². The van der Waals surface area contributed by atoms with Crippen LogP contribution in [0, 0.1) is 6.92 Å². The Kier molecular flexibility index (Phi) is 7.76. The van der Waals surface area contributed by atoms with E-state index in [9.17, 15) is 4.79 Å². The number of aromatic nitrogens is 3. The number of aryl methyl sites for hydroxylation is 1. The first-order chi connectivity index (χ1) is 14.5. The van der Waals surface area contributed by atoms with Crippen LogP contribution in [0.25, 0.3) is 0 Å². The summed E-state index contributed by atoms with van der Waals surface area (Å²) in [6, 6.07) is 15.3. The molecule has 0 radical (unpaired) electrons. The number of ether oxygens (including phenoxy) is 1. The summed E-state index contributed by atoms with van der Waals surface area (Å²) >= 11 is 7.36. The minimum absolute atomic E-state index is 0.0448. The molecule has 0 aliphatic rings. The van der Waals surface area contributed by atoms with Gasteiger partial charge in [0.2, 0.25) is 5.91 Å². The minimum Gasteiger partial charge on any atom is -0.485 e. The number of nitrogens with zero attached hydrogens (tertiary/aromatic N) is 3. The molecule has 1 atom stereocenters. The van der Waals surface area contributed by atoms with Gasteiger partial charge in [0.25, 0.3) is 0 Å². The highest BCUT2D eigenvalue weighted by atomic mass is 35.5. The van der Waals surface area contributed by atoms with Crippen LogP contribution in [0.2, 0.25) is 5.02 Å². The molecular formula is C22H25ClN4O2S. The molecule has 158 valence electrons. The van der Waals surface area contributed by atoms with Crippen LogP contribution in [0.1, 0.15) is 36.8 Å². The molecular weight excluding hydrogens is 420 g/mol. The lowest BCUT2D eigenvalue weighted by Gasteiger charge is -2.14. The highest BCUT2D eigenvalue weighted by Gasteiger charge is 2.15. The molecule has 30 heavy (non-hydrogen) atoms. The zero-order chi connectivity index (χ0) is 21.5. The summed E-state index contributed by atoms with van der Waals surface area (Å²) in [7, 11) is 0. The summed E-state index contributed by atoms with van der Waals surface area (Å²) in [5, 5.41) is 12.9. The lowest BCUT2D eigenvalue weighted by Crippen LogP contribution is -2.28. The van der Waals surface area contributed by atoms with Crippen LogP contribution < -0.4 is 10.1 Å². The van der Waals surface area contributed by atoms with E-state index < -0.39 is 0 Å². The van der Waals surface area contributed by atoms with Crippen LogP contribution in [0.5, 0.6) is 5.75 Å². The number of halogens is 1. The maximum Gasteiger partial charge on any atom is 0.230 e. The first kappa shape index (κ1) is 22.2. The molecule has 0 spiro atoms. The van der Waals surface area contributed by atoms with E-state index in [1.54, 1.807) is 6.07 Å². The van der Waals surface area contributed by atoms with Crippen molar-refractivity contribution in [1.29, 1.82) is 0 Å². The number of benzene rings is 2. The van der Waals surface area contributed by atoms with Crippen molar-refractivity contribution in [2.45, 2.75) is 45.1 Å². The summed E-state index contributed by atoms with van der Waals surface area (Å²) < 4.78 is 7.85. The van der Waals surface area contributed by atoms with Gasteiger partial charge < -0.3 is 14.6 Å². The number of carbonyl (C=O) groups excluding carboxylic acids is 1. The Morgan fingerprint density at radius 1 is 1.23 bits per heavy atom. The molecule has 3 aromatic rings. The molecule has 6 nitrogen and oxygen atoms in total. The third-order valence-corrected chi connectivity index (χ3v) is 5.81. The lowest BCUT2D eigenvalue weighted by atomic mass is 10.1. The molecule has 8 heteroatoms. The van der Waals surface area contributed by atoms with Crippen LogP contribution in [0.3, 0.4) is 0 Å². The molecule has 1 heterocycles. The highest BCUT2D eigenvalue weighted by Crippen LogP contribution is 2.23. The molecule has 2 aromatic carbocycles. The molecule has 0 aliphatic carbocycles. The number of nitrogens with one attached hydrogen (secondary N) is 1. The van der Waals surface area contributed by atoms with Gasteiger partial charge in [-0.15, -0.1) is 10.2 Å². The summed E-state index contributed by atoms with van der Waals surface area (Å²) in [5.41, 5.74) is 2.04. The Balaban J connectivity index is 1.56. The van der Waals surface area contributed by atoms with Crippen molar-refractivity contribution in [1.82, 2.24) is 20.1 Å². The smallest absolute Gasteiger partial charge is 0.230 e. The maximum atomic E-state index is 12.4. The predicted octanol–water partition coefficient (Wildman–Crippen LogP) is 4.81. The van der Waals surface area contributed by atoms with E-state index in [1.165, 1.54) is 11.8 Å². The normalized spacial score (nSPS) is 11.9. The van der Waals surface area contributed by atoms with Gasteiger partial charge in [0, 0.05) is 11.6 Å². The second-order valence-corrected chi connectivity index (χ2v) is 8.21. The Labute approximate surface area is 186 Å². The topological polar surface area (TPSA) is 69.0 Å². The SMILES string of the molecule is CCn1c(COc2ccc(Cl)cc2C)nnc1SCC(=O)NC(C)c1ccccc1. The van der Waals surface area contributed by atoms with E-state index in [-0.39, 0.29) is 17.7 Å². The van der Waals surface area contributed by atoms with Crippen LogP contribution in [0.4, 0.5) is 0 Å². The maximum absolute atomic E-state index is 12.4. The fourth-order valence-corrected chi connectivity index (χ4v) is 4.06. The molecule has 0 fully saturated rings. The van der Waals surface area contributed by atoms with Crippen LogP contribution in [-0.2, 0) is 17.9 Å². The van der Waals surface area contributed by atoms with Crippen LogP contribution >= 0.6 is 23.4 Å². The third-order valence-electron chi connectivity index (χ3n) is 4.61. The fourth-order valence-electron chi connectivity index (χ4n) is 3.01. The van der Waals surface area contributed by atoms with Gasteiger partial charge in [0.1, 0.15) is 12.4 Å². The Hall–Kier alpha value is -2.51. The monoisotopic (exact) mass is 444 g/mol. The van der Waals surface area contributed by atoms with Gasteiger partial charge >= 0.3 is 0 Å². The number of amides is 1. The Morgan fingerprint density at radius 2 is 2.00 bits per heavy atom. The third kappa shape index (κ3) is 5.77. The van der Waals surface area contributed by atoms with Crippen molar-refractivity contribution in [3.05, 3.63) is 70.5 Å². The lowest BCUT2D eigenvalue weighted by molar-refractivity contribution is -0.119. The number of hydrogen-bond acceptors (Lipinski definition) is 5. The van der Waals surface area contributed by atoms with Gasteiger partial charge in [0.15, 0.2) is 11.0 Å². The van der Waals surface area contributed by atoms with Crippen molar-refractivity contribution in [3.63, 3.8) is 0 Å². The molecule has 1 N–H and O–H groups in total. The molecule has 1 amide bonds. The van der Waals surface area contributed by atoms with Crippen molar-refractivity contribution in [2.75, 3.05) is 5.75 Å². The van der Waals surface area contributed by atoms with E-state index >= 15 is 0 Å². The Bertz CT molecular complexity index is 994. The second-order valence-electron chi connectivity index (χ2n) is 6.83. The van der Waals surface area contributed by atoms with Gasteiger partial charge in [-0.25, -0.2) is 0 Å². The zero-order valence-electron chi connectivity index (χ0n) is 17.3. The summed E-state index contributed by atoms with van der Waals surface area (Å²) in [6.45, 7) is 6.92. The highest BCUT2D eigenvalue weighted by molar-refractivity contribution is 7.99. The predicted molar refractivity (Wildman–Crippen MR) is 120 cm³/mol. The minimum atomic E-state index is -0.0464. The fraction of sp³-hybridized carbons (Fsp3) is 0.318. The first-order valence-electron chi connectivity index (χ1n) is 9.76. The number of carbonyl (C=O) groups is 1. The molecule has 1 unspecified atom stereocenters. The zero-order valence-corrected chi connectivity index (χ0v) is 18.8. The van der Waals surface area contributed by atoms with E-state index in [2.05, 4.69) is 15.5 Å². The molecule has 3 rings (SSSR count). The van der Waals surface area contributed by atoms with Crippen molar-refractivity contribution < 1.29 is 9.53 Å². The molecule has 1 aromatic heterocycles. The van der Waals surface area contributed by atoms with Gasteiger partial charge in [-0.3, -0.25) is 4.79 Å². The standard InChI is InChI=1S/C22H25ClN4O2S/c1-4-27-20(13-29-19-11-10-18(23)12-15(19)2)25-26-22(27)30-14-21(28)24-16(3)17-8-6-5-7-9-17/h5-12,16H,4,13-14H2,1-3H3,(H,24,28). The van der Waals surface area contributed by atoms with Gasteiger partial charge in [0.05, 0.1) is 11.8 Å². The largest absolute Gasteiger partial charge is 0.485 e.